The molecule has 0 nitrogen and oxygen atoms in total. The Morgan fingerprint density at radius 1 is 1.05 bits per heavy atom. The Bertz CT molecular complexity index is 640. The fraction of sp³-hybridized carbons (Fsp3) is 0.368. The standard InChI is InChI=1S/C11H11.C5H5.3CH3.Zr/c1-8-3-6-11-9(2)4-5-10(11)7-8;1-2-4-5-3-1;;;;/h3-7H,1-2H3;1-5H;3*1H3;. The van der Waals surface area contributed by atoms with Crippen molar-refractivity contribution in [3.05, 3.63) is 65.3 Å². The Morgan fingerprint density at radius 2 is 1.70 bits per heavy atom. The van der Waals surface area contributed by atoms with Gasteiger partial charge in [-0.2, -0.15) is 0 Å². The zero-order chi connectivity index (χ0) is 14.6. The molecule has 0 bridgehead atoms. The molecule has 1 heteroatoms. The van der Waals surface area contributed by atoms with Gasteiger partial charge in [-0.15, -0.1) is 0 Å². The third kappa shape index (κ3) is 1.75. The van der Waals surface area contributed by atoms with E-state index in [2.05, 4.69) is 82.4 Å². The summed E-state index contributed by atoms with van der Waals surface area (Å²) in [5.74, 6) is 0. The van der Waals surface area contributed by atoms with Gasteiger partial charge in [-0.3, -0.25) is 0 Å². The third-order valence-corrected chi connectivity index (χ3v) is 23.0. The molecule has 0 amide bonds. The Labute approximate surface area is 124 Å². The van der Waals surface area contributed by atoms with E-state index in [-0.39, 0.29) is 3.12 Å². The summed E-state index contributed by atoms with van der Waals surface area (Å²) in [4.78, 5) is 0. The Morgan fingerprint density at radius 3 is 2.35 bits per heavy atom. The van der Waals surface area contributed by atoms with Crippen LogP contribution in [0.4, 0.5) is 0 Å². The molecule has 3 rings (SSSR count). The molecule has 0 heterocycles. The van der Waals surface area contributed by atoms with Crippen molar-refractivity contribution in [2.75, 3.05) is 0 Å². The third-order valence-electron chi connectivity index (χ3n) is 6.14. The molecular weight excluding hydrogens is 319 g/mol. The number of allylic oxidation sites excluding steroid dienone is 5. The molecular formula is C19H25Zr. The van der Waals surface area contributed by atoms with Crippen LogP contribution in [0, 0.1) is 6.92 Å². The molecule has 105 valence electrons. The topological polar surface area (TPSA) is 0 Å². The SMILES string of the molecule is Cc1ccc2c(c1)C=C[C]2(C)[Zr]([CH3])([CH3])([CH3])[CH]1C=CC=C1. The molecule has 2 aliphatic rings. The van der Waals surface area contributed by atoms with Gasteiger partial charge in [0.1, 0.15) is 0 Å². The van der Waals surface area contributed by atoms with Crippen molar-refractivity contribution in [3.8, 4) is 0 Å². The van der Waals surface area contributed by atoms with Crippen LogP contribution in [-0.4, -0.2) is 0 Å². The summed E-state index contributed by atoms with van der Waals surface area (Å²) >= 11 is -3.01. The maximum absolute atomic E-state index is 3.01. The second-order valence-corrected chi connectivity index (χ2v) is 28.4. The Hall–Kier alpha value is -0.677. The Kier molecular flexibility index (Phi) is 2.97. The minimum atomic E-state index is -3.01. The first kappa shape index (κ1) is 14.3. The van der Waals surface area contributed by atoms with Gasteiger partial charge in [-0.25, -0.2) is 0 Å². The average Bonchev–Trinajstić information content (AvgIpc) is 2.98. The molecule has 0 saturated carbocycles. The van der Waals surface area contributed by atoms with Gasteiger partial charge in [0.05, 0.1) is 0 Å². The number of hydrogen-bond acceptors (Lipinski definition) is 0. The molecule has 1 atom stereocenters. The van der Waals surface area contributed by atoms with E-state index in [1.165, 1.54) is 11.1 Å². The number of aryl methyl sites for hydroxylation is 1. The second-order valence-electron chi connectivity index (χ2n) is 8.18. The van der Waals surface area contributed by atoms with Crippen molar-refractivity contribution >= 4 is 6.08 Å². The summed E-state index contributed by atoms with van der Waals surface area (Å²) in [5, 5.41) is 0. The first-order valence-electron chi connectivity index (χ1n) is 7.60. The van der Waals surface area contributed by atoms with Crippen molar-refractivity contribution in [1.29, 1.82) is 0 Å². The maximum atomic E-state index is 2.62. The summed E-state index contributed by atoms with van der Waals surface area (Å²) in [6.07, 6.45) is 14.2. The number of rotatable bonds is 2. The van der Waals surface area contributed by atoms with Crippen LogP contribution in [0.5, 0.6) is 0 Å². The van der Waals surface area contributed by atoms with Crippen LogP contribution < -0.4 is 0 Å². The van der Waals surface area contributed by atoms with Crippen molar-refractivity contribution < 1.29 is 18.8 Å². The zero-order valence-corrected chi connectivity index (χ0v) is 15.7. The molecule has 0 aromatic heterocycles. The molecule has 1 aromatic rings. The molecule has 0 N–H and O–H groups in total. The predicted molar refractivity (Wildman–Crippen MR) is 87.2 cm³/mol. The molecule has 0 aliphatic heterocycles. The summed E-state index contributed by atoms with van der Waals surface area (Å²) in [5.41, 5.74) is 4.34. The van der Waals surface area contributed by atoms with Crippen LogP contribution in [0.2, 0.25) is 17.5 Å². The molecule has 0 radical (unpaired) electrons. The summed E-state index contributed by atoms with van der Waals surface area (Å²) in [6, 6.07) is 6.98. The van der Waals surface area contributed by atoms with E-state index in [1.807, 2.05) is 0 Å². The van der Waals surface area contributed by atoms with E-state index in [0.717, 1.165) is 0 Å². The van der Waals surface area contributed by atoms with Crippen LogP contribution in [-0.2, 0) is 21.9 Å². The normalized spacial score (nSPS) is 26.8. The first-order valence-corrected chi connectivity index (χ1v) is 17.6. The van der Waals surface area contributed by atoms with Gasteiger partial charge in [0.2, 0.25) is 0 Å². The fourth-order valence-electron chi connectivity index (χ4n) is 3.87. The Balaban J connectivity index is 2.18. The van der Waals surface area contributed by atoms with Gasteiger partial charge in [-0.05, 0) is 0 Å². The average molecular weight is 345 g/mol. The van der Waals surface area contributed by atoms with Gasteiger partial charge in [0, 0.05) is 0 Å². The quantitative estimate of drug-likeness (QED) is 0.618. The summed E-state index contributed by atoms with van der Waals surface area (Å²) < 4.78 is 8.76. The van der Waals surface area contributed by atoms with Gasteiger partial charge in [-0.1, -0.05) is 0 Å². The second kappa shape index (κ2) is 4.17. The van der Waals surface area contributed by atoms with Crippen LogP contribution in [0.15, 0.2) is 48.6 Å². The number of fused-ring (bicyclic) bond motifs is 1. The van der Waals surface area contributed by atoms with E-state index >= 15 is 0 Å². The van der Waals surface area contributed by atoms with Crippen molar-refractivity contribution in [2.45, 2.75) is 34.5 Å². The van der Waals surface area contributed by atoms with Gasteiger partial charge < -0.3 is 0 Å². The molecule has 2 aliphatic carbocycles. The summed E-state index contributed by atoms with van der Waals surface area (Å²) in [7, 11) is 0. The molecule has 1 unspecified atom stereocenters. The molecule has 20 heavy (non-hydrogen) atoms. The van der Waals surface area contributed by atoms with Gasteiger partial charge >= 0.3 is 125 Å². The van der Waals surface area contributed by atoms with E-state index < -0.39 is 18.8 Å². The monoisotopic (exact) mass is 343 g/mol. The van der Waals surface area contributed by atoms with Gasteiger partial charge in [0.15, 0.2) is 0 Å². The number of benzene rings is 1. The predicted octanol–water partition coefficient (Wildman–Crippen LogP) is 5.99. The van der Waals surface area contributed by atoms with E-state index in [0.29, 0.717) is 3.63 Å². The first-order chi connectivity index (χ1) is 9.23. The van der Waals surface area contributed by atoms with Crippen molar-refractivity contribution in [1.82, 2.24) is 0 Å². The fourth-order valence-corrected chi connectivity index (χ4v) is 14.0. The minimum absolute atomic E-state index is 0.244. The summed E-state index contributed by atoms with van der Waals surface area (Å²) in [6.45, 7) is 4.66. The molecule has 0 saturated heterocycles. The van der Waals surface area contributed by atoms with E-state index in [9.17, 15) is 0 Å². The van der Waals surface area contributed by atoms with Crippen LogP contribution >= 0.6 is 0 Å². The van der Waals surface area contributed by atoms with E-state index in [1.54, 1.807) is 5.56 Å². The molecule has 0 spiro atoms. The van der Waals surface area contributed by atoms with Crippen LogP contribution in [0.25, 0.3) is 6.08 Å². The molecule has 1 aromatic carbocycles. The van der Waals surface area contributed by atoms with Crippen molar-refractivity contribution in [2.24, 2.45) is 0 Å². The van der Waals surface area contributed by atoms with Crippen molar-refractivity contribution in [3.63, 3.8) is 0 Å². The van der Waals surface area contributed by atoms with Crippen LogP contribution in [0.3, 0.4) is 0 Å². The zero-order valence-electron chi connectivity index (χ0n) is 13.3. The van der Waals surface area contributed by atoms with Gasteiger partial charge in [0.25, 0.3) is 0 Å². The van der Waals surface area contributed by atoms with E-state index in [4.69, 9.17) is 0 Å². The van der Waals surface area contributed by atoms with Crippen LogP contribution in [0.1, 0.15) is 23.6 Å². The number of hydrogen-bond donors (Lipinski definition) is 0. The molecule has 0 fully saturated rings.